The van der Waals surface area contributed by atoms with Gasteiger partial charge in [0, 0.05) is 0 Å². The van der Waals surface area contributed by atoms with E-state index in [0.29, 0.717) is 13.0 Å². The normalized spacial score (nSPS) is 10.4. The van der Waals surface area contributed by atoms with Crippen LogP contribution in [0.15, 0.2) is 18.2 Å². The molecule has 0 atom stereocenters. The quantitative estimate of drug-likeness (QED) is 0.723. The zero-order valence-corrected chi connectivity index (χ0v) is 7.72. The number of benzene rings is 1. The van der Waals surface area contributed by atoms with E-state index >= 15 is 0 Å². The summed E-state index contributed by atoms with van der Waals surface area (Å²) in [5.41, 5.74) is 1.94. The van der Waals surface area contributed by atoms with E-state index in [1.165, 1.54) is 6.07 Å². The molecule has 0 unspecified atom stereocenters. The second kappa shape index (κ2) is 4.94. The minimum atomic E-state index is -0.189. The van der Waals surface area contributed by atoms with Crippen LogP contribution in [-0.4, -0.2) is 6.61 Å². The molecular formula is C10H14FNO. The maximum Gasteiger partial charge on any atom is 0.123 e. The Kier molecular flexibility index (Phi) is 3.86. The molecule has 72 valence electrons. The molecule has 0 radical (unpaired) electrons. The van der Waals surface area contributed by atoms with Crippen molar-refractivity contribution in [1.29, 1.82) is 0 Å². The molecule has 13 heavy (non-hydrogen) atoms. The molecule has 1 aromatic rings. The number of halogens is 1. The topological polar surface area (TPSA) is 35.2 Å². The van der Waals surface area contributed by atoms with Gasteiger partial charge in [-0.05, 0) is 36.1 Å². The Bertz CT molecular complexity index is 276. The summed E-state index contributed by atoms with van der Waals surface area (Å²) >= 11 is 0. The zero-order chi connectivity index (χ0) is 9.68. The van der Waals surface area contributed by atoms with Gasteiger partial charge in [0.15, 0.2) is 0 Å². The molecule has 0 saturated heterocycles. The molecule has 0 spiro atoms. The van der Waals surface area contributed by atoms with Crippen LogP contribution < -0.4 is 5.90 Å². The number of rotatable bonds is 4. The first-order valence-electron chi connectivity index (χ1n) is 4.36. The van der Waals surface area contributed by atoms with E-state index in [1.807, 2.05) is 13.0 Å². The van der Waals surface area contributed by atoms with Gasteiger partial charge in [0.2, 0.25) is 0 Å². The van der Waals surface area contributed by atoms with Gasteiger partial charge in [-0.25, -0.2) is 10.3 Å². The van der Waals surface area contributed by atoms with Crippen molar-refractivity contribution in [2.75, 3.05) is 6.61 Å². The zero-order valence-electron chi connectivity index (χ0n) is 7.72. The first-order valence-corrected chi connectivity index (χ1v) is 4.36. The first kappa shape index (κ1) is 10.2. The standard InChI is InChI=1S/C10H14FNO/c1-2-8-5-9(3-4-13-12)7-10(11)6-8/h5-7H,2-4,12H2,1H3. The van der Waals surface area contributed by atoms with Crippen LogP contribution in [0.25, 0.3) is 0 Å². The van der Waals surface area contributed by atoms with E-state index < -0.39 is 0 Å². The summed E-state index contributed by atoms with van der Waals surface area (Å²) in [4.78, 5) is 4.44. The highest BCUT2D eigenvalue weighted by Gasteiger charge is 1.99. The molecule has 0 saturated carbocycles. The number of aryl methyl sites for hydroxylation is 1. The van der Waals surface area contributed by atoms with Gasteiger partial charge in [0.1, 0.15) is 5.82 Å². The van der Waals surface area contributed by atoms with Crippen molar-refractivity contribution in [3.05, 3.63) is 35.1 Å². The lowest BCUT2D eigenvalue weighted by molar-refractivity contribution is 0.141. The predicted octanol–water partition coefficient (Wildman–Crippen LogP) is 1.82. The molecule has 0 amide bonds. The van der Waals surface area contributed by atoms with E-state index in [-0.39, 0.29) is 5.82 Å². The summed E-state index contributed by atoms with van der Waals surface area (Å²) in [6, 6.07) is 5.03. The molecule has 0 aliphatic carbocycles. The van der Waals surface area contributed by atoms with Crippen LogP contribution in [0.3, 0.4) is 0 Å². The molecule has 2 nitrogen and oxygen atoms in total. The van der Waals surface area contributed by atoms with Crippen LogP contribution in [-0.2, 0) is 17.7 Å². The van der Waals surface area contributed by atoms with Crippen LogP contribution >= 0.6 is 0 Å². The van der Waals surface area contributed by atoms with E-state index in [4.69, 9.17) is 5.90 Å². The Hall–Kier alpha value is -0.930. The van der Waals surface area contributed by atoms with Crippen molar-refractivity contribution in [3.63, 3.8) is 0 Å². The highest BCUT2D eigenvalue weighted by molar-refractivity contribution is 5.24. The largest absolute Gasteiger partial charge is 0.304 e. The van der Waals surface area contributed by atoms with E-state index in [2.05, 4.69) is 4.84 Å². The Morgan fingerprint density at radius 3 is 2.62 bits per heavy atom. The maximum absolute atomic E-state index is 13.0. The smallest absolute Gasteiger partial charge is 0.123 e. The molecule has 3 heteroatoms. The van der Waals surface area contributed by atoms with Gasteiger partial charge in [0.05, 0.1) is 6.61 Å². The molecule has 1 rings (SSSR count). The Morgan fingerprint density at radius 1 is 1.31 bits per heavy atom. The number of hydrogen-bond acceptors (Lipinski definition) is 2. The molecule has 0 heterocycles. The summed E-state index contributed by atoms with van der Waals surface area (Å²) in [6.45, 7) is 2.42. The average molecular weight is 183 g/mol. The highest BCUT2D eigenvalue weighted by atomic mass is 19.1. The van der Waals surface area contributed by atoms with Crippen molar-refractivity contribution < 1.29 is 9.23 Å². The van der Waals surface area contributed by atoms with Gasteiger partial charge >= 0.3 is 0 Å². The van der Waals surface area contributed by atoms with Gasteiger partial charge < -0.3 is 4.84 Å². The van der Waals surface area contributed by atoms with Gasteiger partial charge in [-0.1, -0.05) is 13.0 Å². The Labute approximate surface area is 77.5 Å². The highest BCUT2D eigenvalue weighted by Crippen LogP contribution is 2.10. The second-order valence-corrected chi connectivity index (χ2v) is 2.94. The molecule has 2 N–H and O–H groups in total. The molecule has 0 aromatic heterocycles. The van der Waals surface area contributed by atoms with E-state index in [9.17, 15) is 4.39 Å². The SMILES string of the molecule is CCc1cc(F)cc(CCON)c1. The molecular weight excluding hydrogens is 169 g/mol. The molecule has 0 aliphatic rings. The van der Waals surface area contributed by atoms with Crippen molar-refractivity contribution in [1.82, 2.24) is 0 Å². The van der Waals surface area contributed by atoms with Gasteiger partial charge in [0.25, 0.3) is 0 Å². The van der Waals surface area contributed by atoms with Crippen LogP contribution in [0.4, 0.5) is 4.39 Å². The lowest BCUT2D eigenvalue weighted by Crippen LogP contribution is -2.04. The minimum absolute atomic E-state index is 0.189. The van der Waals surface area contributed by atoms with E-state index in [1.54, 1.807) is 6.07 Å². The van der Waals surface area contributed by atoms with Gasteiger partial charge in [-0.3, -0.25) is 0 Å². The van der Waals surface area contributed by atoms with Gasteiger partial charge in [-0.2, -0.15) is 0 Å². The van der Waals surface area contributed by atoms with Crippen molar-refractivity contribution in [3.8, 4) is 0 Å². The number of hydrogen-bond donors (Lipinski definition) is 1. The molecule has 0 bridgehead atoms. The van der Waals surface area contributed by atoms with Crippen molar-refractivity contribution in [2.45, 2.75) is 19.8 Å². The molecule has 1 aromatic carbocycles. The van der Waals surface area contributed by atoms with Crippen molar-refractivity contribution >= 4 is 0 Å². The minimum Gasteiger partial charge on any atom is -0.304 e. The predicted molar refractivity (Wildman–Crippen MR) is 49.6 cm³/mol. The summed E-state index contributed by atoms with van der Waals surface area (Å²) < 4.78 is 13.0. The third-order valence-corrected chi connectivity index (χ3v) is 1.93. The van der Waals surface area contributed by atoms with Crippen molar-refractivity contribution in [2.24, 2.45) is 5.90 Å². The van der Waals surface area contributed by atoms with Gasteiger partial charge in [-0.15, -0.1) is 0 Å². The summed E-state index contributed by atoms with van der Waals surface area (Å²) in [7, 11) is 0. The lowest BCUT2D eigenvalue weighted by atomic mass is 10.1. The number of nitrogens with two attached hydrogens (primary N) is 1. The third-order valence-electron chi connectivity index (χ3n) is 1.93. The summed E-state index contributed by atoms with van der Waals surface area (Å²) in [5.74, 6) is 4.70. The van der Waals surface area contributed by atoms with Crippen LogP contribution in [0.5, 0.6) is 0 Å². The average Bonchev–Trinajstić information content (AvgIpc) is 2.14. The Morgan fingerprint density at radius 2 is 2.00 bits per heavy atom. The van der Waals surface area contributed by atoms with Crippen LogP contribution in [0.1, 0.15) is 18.1 Å². The maximum atomic E-state index is 13.0. The third kappa shape index (κ3) is 3.13. The van der Waals surface area contributed by atoms with Crippen LogP contribution in [0.2, 0.25) is 0 Å². The first-order chi connectivity index (χ1) is 6.26. The Balaban J connectivity index is 2.76. The second-order valence-electron chi connectivity index (χ2n) is 2.94. The fourth-order valence-corrected chi connectivity index (χ4v) is 1.24. The monoisotopic (exact) mass is 183 g/mol. The lowest BCUT2D eigenvalue weighted by Gasteiger charge is -2.03. The van der Waals surface area contributed by atoms with Crippen LogP contribution in [0, 0.1) is 5.82 Å². The molecule has 0 fully saturated rings. The van der Waals surface area contributed by atoms with E-state index in [0.717, 1.165) is 17.5 Å². The fraction of sp³-hybridized carbons (Fsp3) is 0.400. The summed E-state index contributed by atoms with van der Waals surface area (Å²) in [6.07, 6.45) is 1.50. The summed E-state index contributed by atoms with van der Waals surface area (Å²) in [5, 5.41) is 0. The molecule has 0 aliphatic heterocycles. The fourth-order valence-electron chi connectivity index (χ4n) is 1.24.